The number of aryl methyl sites for hydroxylation is 1. The molecule has 26 heavy (non-hydrogen) atoms. The van der Waals surface area contributed by atoms with Crippen molar-refractivity contribution in [1.29, 1.82) is 0 Å². The van der Waals surface area contributed by atoms with Gasteiger partial charge in [0.05, 0.1) is 6.54 Å². The maximum atomic E-state index is 6.08. The molecule has 2 aromatic rings. The molecule has 0 unspecified atom stereocenters. The van der Waals surface area contributed by atoms with Gasteiger partial charge in [-0.2, -0.15) is 0 Å². The topological polar surface area (TPSA) is 67.1 Å². The van der Waals surface area contributed by atoms with Gasteiger partial charge in [-0.1, -0.05) is 37.6 Å². The molecule has 2 rings (SSSR count). The Labute approximate surface area is 177 Å². The summed E-state index contributed by atoms with van der Waals surface area (Å²) in [6.07, 6.45) is 2.67. The van der Waals surface area contributed by atoms with E-state index in [1.54, 1.807) is 13.4 Å². The average molecular weight is 491 g/mol. The Bertz CT molecular complexity index is 713. The number of nitrogens with zero attached hydrogens (tertiary/aromatic N) is 4. The van der Waals surface area contributed by atoms with Crippen LogP contribution in [0.2, 0.25) is 5.02 Å². The lowest BCUT2D eigenvalue weighted by Crippen LogP contribution is -2.42. The quantitative estimate of drug-likeness (QED) is 0.354. The van der Waals surface area contributed by atoms with Gasteiger partial charge in [-0.3, -0.25) is 4.99 Å². The lowest BCUT2D eigenvalue weighted by Gasteiger charge is -2.26. The summed E-state index contributed by atoms with van der Waals surface area (Å²) in [6, 6.07) is 8.02. The summed E-state index contributed by atoms with van der Waals surface area (Å²) in [5, 5.41) is 15.5. The molecule has 0 atom stereocenters. The first-order valence-electron chi connectivity index (χ1n) is 8.49. The molecule has 8 heteroatoms. The maximum Gasteiger partial charge on any atom is 0.191 e. The highest BCUT2D eigenvalue weighted by atomic mass is 127. The monoisotopic (exact) mass is 490 g/mol. The molecule has 2 N–H and O–H groups in total. The highest BCUT2D eigenvalue weighted by molar-refractivity contribution is 14.0. The Morgan fingerprint density at radius 3 is 2.73 bits per heavy atom. The van der Waals surface area contributed by atoms with E-state index in [1.165, 1.54) is 5.56 Å². The van der Waals surface area contributed by atoms with E-state index in [1.807, 2.05) is 22.8 Å². The predicted octanol–water partition coefficient (Wildman–Crippen LogP) is 3.50. The van der Waals surface area contributed by atoms with Crippen molar-refractivity contribution in [3.63, 3.8) is 0 Å². The van der Waals surface area contributed by atoms with Crippen molar-refractivity contribution in [3.8, 4) is 0 Å². The Kier molecular flexibility index (Phi) is 9.35. The van der Waals surface area contributed by atoms with Crippen molar-refractivity contribution in [1.82, 2.24) is 25.4 Å². The Balaban J connectivity index is 0.00000338. The van der Waals surface area contributed by atoms with Gasteiger partial charge in [-0.05, 0) is 36.5 Å². The van der Waals surface area contributed by atoms with Gasteiger partial charge in [0.25, 0.3) is 0 Å². The highest BCUT2D eigenvalue weighted by Gasteiger charge is 2.19. The Hall–Kier alpha value is -1.35. The van der Waals surface area contributed by atoms with Gasteiger partial charge in [0, 0.05) is 25.2 Å². The number of benzene rings is 1. The van der Waals surface area contributed by atoms with E-state index in [-0.39, 0.29) is 29.4 Å². The number of nitrogens with one attached hydrogen (secondary N) is 2. The molecule has 0 aliphatic carbocycles. The fourth-order valence-corrected chi connectivity index (χ4v) is 2.86. The normalized spacial score (nSPS) is 11.8. The summed E-state index contributed by atoms with van der Waals surface area (Å²) in [6.45, 7) is 8.74. The third-order valence-electron chi connectivity index (χ3n) is 3.98. The number of rotatable bonds is 7. The molecular formula is C18H28ClIN6. The predicted molar refractivity (Wildman–Crippen MR) is 118 cm³/mol. The number of hydrogen-bond acceptors (Lipinski definition) is 3. The van der Waals surface area contributed by atoms with Crippen LogP contribution in [0.25, 0.3) is 0 Å². The summed E-state index contributed by atoms with van der Waals surface area (Å²) in [5.41, 5.74) is 1.30. The van der Waals surface area contributed by atoms with Gasteiger partial charge in [0.1, 0.15) is 6.33 Å². The molecular weight excluding hydrogens is 463 g/mol. The molecule has 0 saturated carbocycles. The van der Waals surface area contributed by atoms with Crippen LogP contribution in [0.5, 0.6) is 0 Å². The highest BCUT2D eigenvalue weighted by Crippen LogP contribution is 2.22. The number of hydrogen-bond donors (Lipinski definition) is 2. The minimum atomic E-state index is 0. The van der Waals surface area contributed by atoms with Crippen LogP contribution in [-0.4, -0.2) is 34.3 Å². The lowest BCUT2D eigenvalue weighted by molar-refractivity contribution is 0.359. The van der Waals surface area contributed by atoms with Crippen LogP contribution in [0, 0.1) is 5.41 Å². The molecule has 0 bridgehead atoms. The molecule has 0 radical (unpaired) electrons. The minimum absolute atomic E-state index is 0. The molecule has 1 aromatic carbocycles. The molecule has 0 aliphatic heterocycles. The summed E-state index contributed by atoms with van der Waals surface area (Å²) >= 11 is 6.08. The fourth-order valence-electron chi connectivity index (χ4n) is 2.65. The van der Waals surface area contributed by atoms with Crippen molar-refractivity contribution < 1.29 is 0 Å². The van der Waals surface area contributed by atoms with Crippen LogP contribution in [0.4, 0.5) is 0 Å². The number of aromatic nitrogens is 3. The molecule has 0 aliphatic rings. The van der Waals surface area contributed by atoms with Crippen molar-refractivity contribution in [2.75, 3.05) is 13.6 Å². The van der Waals surface area contributed by atoms with Crippen molar-refractivity contribution in [2.45, 2.75) is 40.3 Å². The average Bonchev–Trinajstić information content (AvgIpc) is 3.02. The lowest BCUT2D eigenvalue weighted by atomic mass is 9.86. The van der Waals surface area contributed by atoms with Crippen LogP contribution >= 0.6 is 35.6 Å². The second-order valence-corrected chi connectivity index (χ2v) is 7.22. The summed E-state index contributed by atoms with van der Waals surface area (Å²) < 4.78 is 2.00. The van der Waals surface area contributed by atoms with E-state index >= 15 is 0 Å². The first kappa shape index (κ1) is 22.7. The first-order valence-corrected chi connectivity index (χ1v) is 8.87. The first-order chi connectivity index (χ1) is 11.9. The smallest absolute Gasteiger partial charge is 0.191 e. The largest absolute Gasteiger partial charge is 0.356 e. The van der Waals surface area contributed by atoms with Crippen LogP contribution < -0.4 is 10.6 Å². The van der Waals surface area contributed by atoms with Crippen LogP contribution in [0.15, 0.2) is 35.6 Å². The minimum Gasteiger partial charge on any atom is -0.356 e. The molecule has 1 heterocycles. The van der Waals surface area contributed by atoms with Crippen LogP contribution in [-0.2, 0) is 19.5 Å². The van der Waals surface area contributed by atoms with Crippen molar-refractivity contribution in [3.05, 3.63) is 47.0 Å². The van der Waals surface area contributed by atoms with E-state index in [4.69, 9.17) is 11.6 Å². The zero-order valence-corrected chi connectivity index (χ0v) is 18.9. The van der Waals surface area contributed by atoms with Crippen molar-refractivity contribution in [2.24, 2.45) is 10.4 Å². The van der Waals surface area contributed by atoms with Gasteiger partial charge in [-0.15, -0.1) is 34.2 Å². The second kappa shape index (κ2) is 10.7. The number of guanidine groups is 1. The maximum absolute atomic E-state index is 6.08. The summed E-state index contributed by atoms with van der Waals surface area (Å²) in [7, 11) is 1.77. The van der Waals surface area contributed by atoms with Gasteiger partial charge in [0.15, 0.2) is 11.8 Å². The van der Waals surface area contributed by atoms with Gasteiger partial charge in [0.2, 0.25) is 0 Å². The Morgan fingerprint density at radius 2 is 2.08 bits per heavy atom. The zero-order chi connectivity index (χ0) is 18.3. The second-order valence-electron chi connectivity index (χ2n) is 6.78. The number of aliphatic imine (C=N–C) groups is 1. The third kappa shape index (κ3) is 7.11. The molecule has 1 aromatic heterocycles. The van der Waals surface area contributed by atoms with Gasteiger partial charge < -0.3 is 15.2 Å². The molecule has 144 valence electrons. The summed E-state index contributed by atoms with van der Waals surface area (Å²) in [4.78, 5) is 4.28. The zero-order valence-electron chi connectivity index (χ0n) is 15.8. The van der Waals surface area contributed by atoms with Gasteiger partial charge in [-0.25, -0.2) is 0 Å². The van der Waals surface area contributed by atoms with E-state index < -0.39 is 0 Å². The Morgan fingerprint density at radius 1 is 1.31 bits per heavy atom. The molecule has 0 amide bonds. The standard InChI is InChI=1S/C18H27ClN6.HI/c1-5-25-13-23-24-16(25)11-21-17(20-4)22-12-18(2,3)10-14-7-6-8-15(19)9-14;/h6-9,13H,5,10-12H2,1-4H3,(H2,20,21,22);1H. The molecule has 0 fully saturated rings. The fraction of sp³-hybridized carbons (Fsp3) is 0.500. The van der Waals surface area contributed by atoms with Crippen LogP contribution in [0.3, 0.4) is 0 Å². The van der Waals surface area contributed by atoms with E-state index in [9.17, 15) is 0 Å². The van der Waals surface area contributed by atoms with E-state index in [0.29, 0.717) is 6.54 Å². The molecule has 0 saturated heterocycles. The number of halogens is 2. The van der Waals surface area contributed by atoms with Crippen molar-refractivity contribution >= 4 is 41.5 Å². The molecule has 6 nitrogen and oxygen atoms in total. The summed E-state index contributed by atoms with van der Waals surface area (Å²) in [5.74, 6) is 1.65. The third-order valence-corrected chi connectivity index (χ3v) is 4.22. The van der Waals surface area contributed by atoms with Crippen LogP contribution in [0.1, 0.15) is 32.2 Å². The van der Waals surface area contributed by atoms with E-state index in [2.05, 4.69) is 52.7 Å². The van der Waals surface area contributed by atoms with Gasteiger partial charge >= 0.3 is 0 Å². The molecule has 0 spiro atoms. The SMILES string of the molecule is CCn1cnnc1CNC(=NC)NCC(C)(C)Cc1cccc(Cl)c1.I. The van der Waals surface area contributed by atoms with E-state index in [0.717, 1.165) is 36.3 Å².